The van der Waals surface area contributed by atoms with Gasteiger partial charge in [0.05, 0.1) is 12.2 Å². The minimum absolute atomic E-state index is 0.726. The maximum absolute atomic E-state index is 4.18. The zero-order valence-electron chi connectivity index (χ0n) is 11.8. The molecule has 18 heavy (non-hydrogen) atoms. The molecule has 0 amide bonds. The molecule has 1 aromatic heterocycles. The van der Waals surface area contributed by atoms with Gasteiger partial charge in [-0.2, -0.15) is 5.10 Å². The number of guanidine groups is 1. The van der Waals surface area contributed by atoms with Crippen molar-refractivity contribution in [3.05, 3.63) is 18.0 Å². The van der Waals surface area contributed by atoms with Crippen LogP contribution in [-0.2, 0) is 13.6 Å². The van der Waals surface area contributed by atoms with Crippen LogP contribution >= 0.6 is 0 Å². The van der Waals surface area contributed by atoms with E-state index in [2.05, 4.69) is 39.7 Å². The van der Waals surface area contributed by atoms with Crippen LogP contribution in [-0.4, -0.2) is 54.9 Å². The molecule has 6 heteroatoms. The van der Waals surface area contributed by atoms with Gasteiger partial charge in [-0.3, -0.25) is 9.67 Å². The summed E-state index contributed by atoms with van der Waals surface area (Å²) in [4.78, 5) is 6.36. The van der Waals surface area contributed by atoms with Crippen molar-refractivity contribution in [2.24, 2.45) is 12.0 Å². The highest BCUT2D eigenvalue weighted by Crippen LogP contribution is 1.94. The van der Waals surface area contributed by atoms with Crippen molar-refractivity contribution in [3.63, 3.8) is 0 Å². The molecule has 6 nitrogen and oxygen atoms in total. The maximum Gasteiger partial charge on any atom is 0.191 e. The van der Waals surface area contributed by atoms with Crippen LogP contribution in [0.1, 0.15) is 12.1 Å². The molecule has 1 rings (SSSR count). The lowest BCUT2D eigenvalue weighted by Crippen LogP contribution is -2.38. The van der Waals surface area contributed by atoms with Crippen molar-refractivity contribution in [1.29, 1.82) is 0 Å². The van der Waals surface area contributed by atoms with Gasteiger partial charge in [0.2, 0.25) is 0 Å². The number of rotatable bonds is 6. The summed E-state index contributed by atoms with van der Waals surface area (Å²) in [6, 6.07) is 1.99. The molecular weight excluding hydrogens is 228 g/mol. The smallest absolute Gasteiger partial charge is 0.191 e. The molecule has 0 aliphatic rings. The monoisotopic (exact) mass is 252 g/mol. The second kappa shape index (κ2) is 7.71. The fourth-order valence-electron chi connectivity index (χ4n) is 1.57. The predicted octanol–water partition coefficient (Wildman–Crippen LogP) is 0.0368. The molecule has 0 saturated heterocycles. The van der Waals surface area contributed by atoms with E-state index in [1.807, 2.05) is 17.8 Å². The van der Waals surface area contributed by atoms with Crippen LogP contribution < -0.4 is 10.6 Å². The quantitative estimate of drug-likeness (QED) is 0.426. The Morgan fingerprint density at radius 1 is 1.44 bits per heavy atom. The summed E-state index contributed by atoms with van der Waals surface area (Å²) in [7, 11) is 7.87. The van der Waals surface area contributed by atoms with Crippen molar-refractivity contribution in [2.45, 2.75) is 13.0 Å². The van der Waals surface area contributed by atoms with Crippen LogP contribution in [0.15, 0.2) is 17.3 Å². The Morgan fingerprint density at radius 2 is 2.22 bits per heavy atom. The van der Waals surface area contributed by atoms with Crippen LogP contribution in [0.5, 0.6) is 0 Å². The van der Waals surface area contributed by atoms with Crippen molar-refractivity contribution in [1.82, 2.24) is 25.3 Å². The Bertz CT molecular complexity index is 368. The molecule has 0 atom stereocenters. The second-order valence-electron chi connectivity index (χ2n) is 4.46. The zero-order valence-corrected chi connectivity index (χ0v) is 11.8. The highest BCUT2D eigenvalue weighted by Gasteiger charge is 2.00. The van der Waals surface area contributed by atoms with E-state index in [1.165, 1.54) is 0 Å². The molecule has 0 aromatic carbocycles. The molecule has 2 N–H and O–H groups in total. The molecule has 0 aliphatic carbocycles. The summed E-state index contributed by atoms with van der Waals surface area (Å²) in [6.45, 7) is 2.72. The van der Waals surface area contributed by atoms with Gasteiger partial charge in [-0.25, -0.2) is 0 Å². The number of aryl methyl sites for hydroxylation is 1. The highest BCUT2D eigenvalue weighted by atomic mass is 15.3. The maximum atomic E-state index is 4.18. The van der Waals surface area contributed by atoms with Crippen LogP contribution in [0.25, 0.3) is 0 Å². The fraction of sp³-hybridized carbons (Fsp3) is 0.667. The molecule has 0 saturated carbocycles. The number of hydrogen-bond donors (Lipinski definition) is 2. The Hall–Kier alpha value is -1.56. The Labute approximate surface area is 109 Å². The van der Waals surface area contributed by atoms with E-state index in [0.29, 0.717) is 0 Å². The molecule has 102 valence electrons. The van der Waals surface area contributed by atoms with Crippen LogP contribution in [0, 0.1) is 0 Å². The number of aromatic nitrogens is 2. The zero-order chi connectivity index (χ0) is 13.4. The summed E-state index contributed by atoms with van der Waals surface area (Å²) < 4.78 is 1.85. The first-order valence-corrected chi connectivity index (χ1v) is 6.19. The van der Waals surface area contributed by atoms with Gasteiger partial charge in [-0.1, -0.05) is 0 Å². The van der Waals surface area contributed by atoms with E-state index in [1.54, 1.807) is 13.2 Å². The molecule has 1 aromatic rings. The van der Waals surface area contributed by atoms with E-state index in [4.69, 9.17) is 0 Å². The third kappa shape index (κ3) is 5.18. The van der Waals surface area contributed by atoms with Gasteiger partial charge in [0.25, 0.3) is 0 Å². The lowest BCUT2D eigenvalue weighted by atomic mass is 10.4. The Morgan fingerprint density at radius 3 is 2.78 bits per heavy atom. The second-order valence-corrected chi connectivity index (χ2v) is 4.46. The average Bonchev–Trinajstić information content (AvgIpc) is 2.74. The highest BCUT2D eigenvalue weighted by molar-refractivity contribution is 5.79. The van der Waals surface area contributed by atoms with Gasteiger partial charge in [-0.15, -0.1) is 0 Å². The largest absolute Gasteiger partial charge is 0.356 e. The standard InChI is InChI=1S/C12H24N6/c1-13-12(14-7-5-9-17(2)3)15-10-11-6-8-16-18(11)4/h6,8H,5,7,9-10H2,1-4H3,(H2,13,14,15). The number of aliphatic imine (C=N–C) groups is 1. The third-order valence-electron chi connectivity index (χ3n) is 2.66. The third-order valence-corrected chi connectivity index (χ3v) is 2.66. The van der Waals surface area contributed by atoms with Crippen molar-refractivity contribution >= 4 is 5.96 Å². The topological polar surface area (TPSA) is 57.5 Å². The first-order chi connectivity index (χ1) is 8.63. The number of nitrogens with one attached hydrogen (secondary N) is 2. The van der Waals surface area contributed by atoms with Crippen LogP contribution in [0.3, 0.4) is 0 Å². The SMILES string of the molecule is CN=C(NCCCN(C)C)NCc1ccnn1C. The molecule has 0 spiro atoms. The summed E-state index contributed by atoms with van der Waals surface area (Å²) in [6.07, 6.45) is 2.89. The van der Waals surface area contributed by atoms with Gasteiger partial charge in [0.15, 0.2) is 5.96 Å². The van der Waals surface area contributed by atoms with Crippen molar-refractivity contribution < 1.29 is 0 Å². The average molecular weight is 252 g/mol. The minimum Gasteiger partial charge on any atom is -0.356 e. The van der Waals surface area contributed by atoms with E-state index >= 15 is 0 Å². The molecule has 1 heterocycles. The summed E-state index contributed by atoms with van der Waals surface area (Å²) in [5.74, 6) is 0.829. The van der Waals surface area contributed by atoms with Crippen LogP contribution in [0.2, 0.25) is 0 Å². The van der Waals surface area contributed by atoms with Gasteiger partial charge in [0.1, 0.15) is 0 Å². The van der Waals surface area contributed by atoms with E-state index in [-0.39, 0.29) is 0 Å². The van der Waals surface area contributed by atoms with Gasteiger partial charge >= 0.3 is 0 Å². The molecular formula is C12H24N6. The molecule has 0 unspecified atom stereocenters. The Kier molecular flexibility index (Phi) is 6.21. The lowest BCUT2D eigenvalue weighted by Gasteiger charge is -2.13. The minimum atomic E-state index is 0.726. The van der Waals surface area contributed by atoms with Crippen LogP contribution in [0.4, 0.5) is 0 Å². The fourth-order valence-corrected chi connectivity index (χ4v) is 1.57. The van der Waals surface area contributed by atoms with E-state index in [9.17, 15) is 0 Å². The Balaban J connectivity index is 2.24. The summed E-state index contributed by atoms with van der Waals surface area (Å²) in [5.41, 5.74) is 1.13. The van der Waals surface area contributed by atoms with Gasteiger partial charge in [0, 0.05) is 26.8 Å². The number of hydrogen-bond acceptors (Lipinski definition) is 3. The van der Waals surface area contributed by atoms with Crippen molar-refractivity contribution in [2.75, 3.05) is 34.2 Å². The first-order valence-electron chi connectivity index (χ1n) is 6.19. The number of nitrogens with zero attached hydrogens (tertiary/aromatic N) is 4. The molecule has 0 fully saturated rings. The van der Waals surface area contributed by atoms with Crippen molar-refractivity contribution in [3.8, 4) is 0 Å². The summed E-state index contributed by atoms with van der Waals surface area (Å²) in [5, 5.41) is 10.7. The first kappa shape index (κ1) is 14.5. The van der Waals surface area contributed by atoms with E-state index in [0.717, 1.165) is 37.7 Å². The van der Waals surface area contributed by atoms with Gasteiger partial charge < -0.3 is 15.5 Å². The molecule has 0 bridgehead atoms. The van der Waals surface area contributed by atoms with Gasteiger partial charge in [-0.05, 0) is 33.1 Å². The molecule has 0 aliphatic heterocycles. The summed E-state index contributed by atoms with van der Waals surface area (Å²) >= 11 is 0. The molecule has 0 radical (unpaired) electrons. The van der Waals surface area contributed by atoms with E-state index < -0.39 is 0 Å². The normalized spacial score (nSPS) is 11.9. The lowest BCUT2D eigenvalue weighted by molar-refractivity contribution is 0.399. The predicted molar refractivity (Wildman–Crippen MR) is 74.6 cm³/mol.